The number of para-hydroxylation sites is 4. The molecular weight excluding hydrogens is 658 g/mol. The van der Waals surface area contributed by atoms with Gasteiger partial charge < -0.3 is 28.4 Å². The zero-order valence-electron chi connectivity index (χ0n) is 29.3. The molecule has 1 aliphatic heterocycles. The number of nitrogens with one attached hydrogen (secondary N) is 1. The van der Waals surface area contributed by atoms with Crippen molar-refractivity contribution >= 4 is 15.9 Å². The van der Waals surface area contributed by atoms with Gasteiger partial charge in [-0.05, 0) is 42.8 Å². The minimum absolute atomic E-state index is 0.0107. The molecule has 1 amide bonds. The lowest BCUT2D eigenvalue weighted by Crippen LogP contribution is -2.47. The van der Waals surface area contributed by atoms with Crippen LogP contribution in [0.3, 0.4) is 0 Å². The summed E-state index contributed by atoms with van der Waals surface area (Å²) in [5, 5.41) is 0. The van der Waals surface area contributed by atoms with Crippen LogP contribution in [0.15, 0.2) is 83.8 Å². The highest BCUT2D eigenvalue weighted by atomic mass is 32.2. The van der Waals surface area contributed by atoms with Gasteiger partial charge in [-0.1, -0.05) is 114 Å². The molecule has 0 fully saturated rings. The molecule has 0 radical (unpaired) electrons. The Hall–Kier alpha value is -3.80. The number of unbranched alkanes of at least 4 members (excludes halogenated alkanes) is 9. The van der Waals surface area contributed by atoms with Gasteiger partial charge in [-0.25, -0.2) is 13.1 Å². The fourth-order valence-electron chi connectivity index (χ4n) is 5.65. The maximum absolute atomic E-state index is 13.1. The summed E-state index contributed by atoms with van der Waals surface area (Å²) in [5.74, 6) is 1.32. The van der Waals surface area contributed by atoms with E-state index in [1.54, 1.807) is 18.2 Å². The maximum atomic E-state index is 13.1. The number of sulfonamides is 1. The molecule has 274 valence electrons. The Bertz CT molecular complexity index is 1460. The molecule has 4 rings (SSSR count). The lowest BCUT2D eigenvalue weighted by molar-refractivity contribution is -0.140. The molecule has 3 aromatic rings. The monoisotopic (exact) mass is 711 g/mol. The molecule has 1 aliphatic rings. The lowest BCUT2D eigenvalue weighted by Gasteiger charge is -2.34. The number of amides is 1. The van der Waals surface area contributed by atoms with Crippen molar-refractivity contribution in [2.24, 2.45) is 0 Å². The molecule has 0 saturated carbocycles. The van der Waals surface area contributed by atoms with Gasteiger partial charge in [0.05, 0.1) is 18.1 Å². The molecule has 0 spiro atoms. The molecular formula is C39H53NO9S. The standard InChI is InChI=1S/C39H53NO9S/c1-2-3-4-5-6-7-8-9-10-18-25-39(49-30-38(41)40-50(42,43)33-19-12-11-13-20-33)31-47-36-23-16-14-21-34(36)45-28-26-44-27-29-46-35-22-15-17-24-37(35)48-32-39/h11-17,19-24H,2-10,18,25-32H2,1H3,(H,40,41). The Morgan fingerprint density at radius 3 is 1.62 bits per heavy atom. The highest BCUT2D eigenvalue weighted by Crippen LogP contribution is 2.32. The van der Waals surface area contributed by atoms with Crippen molar-refractivity contribution in [1.29, 1.82) is 0 Å². The van der Waals surface area contributed by atoms with E-state index in [1.165, 1.54) is 50.7 Å². The average molecular weight is 712 g/mol. The van der Waals surface area contributed by atoms with Crippen molar-refractivity contribution in [1.82, 2.24) is 4.72 Å². The summed E-state index contributed by atoms with van der Waals surface area (Å²) < 4.78 is 64.8. The molecule has 3 aromatic carbocycles. The number of hydrogen-bond donors (Lipinski definition) is 1. The second-order valence-electron chi connectivity index (χ2n) is 12.5. The Morgan fingerprint density at radius 1 is 0.640 bits per heavy atom. The largest absolute Gasteiger partial charge is 0.487 e. The fourth-order valence-corrected chi connectivity index (χ4v) is 6.64. The Balaban J connectivity index is 1.53. The van der Waals surface area contributed by atoms with Crippen LogP contribution in [-0.4, -0.2) is 66.2 Å². The summed E-state index contributed by atoms with van der Waals surface area (Å²) in [4.78, 5) is 13.1. The third kappa shape index (κ3) is 13.5. The van der Waals surface area contributed by atoms with Gasteiger partial charge in [-0.3, -0.25) is 4.79 Å². The molecule has 1 heterocycles. The van der Waals surface area contributed by atoms with Gasteiger partial charge in [-0.15, -0.1) is 0 Å². The smallest absolute Gasteiger partial charge is 0.264 e. The summed E-state index contributed by atoms with van der Waals surface area (Å²) in [6.07, 6.45) is 12.1. The molecule has 0 unspecified atom stereocenters. The highest BCUT2D eigenvalue weighted by molar-refractivity contribution is 7.90. The van der Waals surface area contributed by atoms with Crippen molar-refractivity contribution in [3.05, 3.63) is 78.9 Å². The Labute approximate surface area is 297 Å². The van der Waals surface area contributed by atoms with Crippen LogP contribution in [0.25, 0.3) is 0 Å². The minimum Gasteiger partial charge on any atom is -0.487 e. The molecule has 11 heteroatoms. The first-order valence-corrected chi connectivity index (χ1v) is 19.4. The first-order valence-electron chi connectivity index (χ1n) is 17.9. The van der Waals surface area contributed by atoms with E-state index in [0.29, 0.717) is 55.8 Å². The van der Waals surface area contributed by atoms with E-state index in [-0.39, 0.29) is 18.1 Å². The first kappa shape index (κ1) is 39.0. The Kier molecular flexibility index (Phi) is 16.7. The van der Waals surface area contributed by atoms with E-state index < -0.39 is 28.1 Å². The normalized spacial score (nSPS) is 15.2. The van der Waals surface area contributed by atoms with Gasteiger partial charge in [0.25, 0.3) is 15.9 Å². The van der Waals surface area contributed by atoms with Gasteiger partial charge in [0.2, 0.25) is 0 Å². The summed E-state index contributed by atoms with van der Waals surface area (Å²) in [7, 11) is -4.08. The maximum Gasteiger partial charge on any atom is 0.264 e. The van der Waals surface area contributed by atoms with Crippen molar-refractivity contribution < 1.29 is 41.6 Å². The van der Waals surface area contributed by atoms with Gasteiger partial charge in [0, 0.05) is 0 Å². The second-order valence-corrected chi connectivity index (χ2v) is 14.2. The summed E-state index contributed by atoms with van der Waals surface area (Å²) in [6, 6.07) is 22.5. The third-order valence-corrected chi connectivity index (χ3v) is 9.84. The lowest BCUT2D eigenvalue weighted by atomic mass is 9.96. The summed E-state index contributed by atoms with van der Waals surface area (Å²) in [6.45, 7) is 3.10. The molecule has 50 heavy (non-hydrogen) atoms. The van der Waals surface area contributed by atoms with E-state index >= 15 is 0 Å². The number of carbonyl (C=O) groups excluding carboxylic acids is 1. The number of rotatable bonds is 16. The van der Waals surface area contributed by atoms with Crippen molar-refractivity contribution in [2.75, 3.05) is 46.2 Å². The van der Waals surface area contributed by atoms with Crippen molar-refractivity contribution in [2.45, 2.75) is 88.0 Å². The minimum atomic E-state index is -4.08. The highest BCUT2D eigenvalue weighted by Gasteiger charge is 2.35. The van der Waals surface area contributed by atoms with Crippen LogP contribution in [0.5, 0.6) is 23.0 Å². The molecule has 0 aliphatic carbocycles. The van der Waals surface area contributed by atoms with Crippen LogP contribution in [0.2, 0.25) is 0 Å². The number of hydrogen-bond acceptors (Lipinski definition) is 9. The molecule has 0 bridgehead atoms. The van der Waals surface area contributed by atoms with Gasteiger partial charge in [0.15, 0.2) is 23.0 Å². The van der Waals surface area contributed by atoms with E-state index in [4.69, 9.17) is 28.4 Å². The van der Waals surface area contributed by atoms with Gasteiger partial charge >= 0.3 is 0 Å². The van der Waals surface area contributed by atoms with Crippen LogP contribution in [0, 0.1) is 0 Å². The van der Waals surface area contributed by atoms with E-state index in [9.17, 15) is 13.2 Å². The molecule has 10 nitrogen and oxygen atoms in total. The summed E-state index contributed by atoms with van der Waals surface area (Å²) >= 11 is 0. The van der Waals surface area contributed by atoms with E-state index in [0.717, 1.165) is 25.7 Å². The second kappa shape index (κ2) is 21.4. The molecule has 0 aromatic heterocycles. The topological polar surface area (TPSA) is 119 Å². The van der Waals surface area contributed by atoms with Crippen LogP contribution in [-0.2, 0) is 24.3 Å². The first-order chi connectivity index (χ1) is 24.4. The van der Waals surface area contributed by atoms with Crippen LogP contribution < -0.4 is 23.7 Å². The van der Waals surface area contributed by atoms with Crippen LogP contribution in [0.1, 0.15) is 77.6 Å². The predicted molar refractivity (Wildman–Crippen MR) is 193 cm³/mol. The summed E-state index contributed by atoms with van der Waals surface area (Å²) in [5.41, 5.74) is -1.13. The SMILES string of the molecule is CCCCCCCCCCCCC1(OCC(=O)NS(=O)(=O)c2ccccc2)COc2ccccc2OCCOCCOc2ccccc2OC1. The quantitative estimate of drug-likeness (QED) is 0.151. The van der Waals surface area contributed by atoms with E-state index in [2.05, 4.69) is 11.6 Å². The van der Waals surface area contributed by atoms with Crippen LogP contribution in [0.4, 0.5) is 0 Å². The number of fused-ring (bicyclic) bond motifs is 2. The third-order valence-electron chi connectivity index (χ3n) is 8.45. The zero-order chi connectivity index (χ0) is 35.3. The molecule has 0 saturated heterocycles. The zero-order valence-corrected chi connectivity index (χ0v) is 30.1. The average Bonchev–Trinajstić information content (AvgIpc) is 3.13. The fraction of sp³-hybridized carbons (Fsp3) is 0.513. The predicted octanol–water partition coefficient (Wildman–Crippen LogP) is 7.50. The van der Waals surface area contributed by atoms with E-state index in [1.807, 2.05) is 48.5 Å². The molecule has 0 atom stereocenters. The van der Waals surface area contributed by atoms with Gasteiger partial charge in [-0.2, -0.15) is 0 Å². The Morgan fingerprint density at radius 2 is 1.10 bits per heavy atom. The van der Waals surface area contributed by atoms with Crippen molar-refractivity contribution in [3.8, 4) is 23.0 Å². The number of benzene rings is 3. The van der Waals surface area contributed by atoms with Crippen LogP contribution >= 0.6 is 0 Å². The molecule has 1 N–H and O–H groups in total. The number of carbonyl (C=O) groups is 1. The number of ether oxygens (including phenoxy) is 6. The van der Waals surface area contributed by atoms with Crippen molar-refractivity contribution in [3.63, 3.8) is 0 Å². The van der Waals surface area contributed by atoms with Gasteiger partial charge in [0.1, 0.15) is 38.6 Å².